The number of amides is 1. The van der Waals surface area contributed by atoms with E-state index in [4.69, 9.17) is 0 Å². The van der Waals surface area contributed by atoms with Gasteiger partial charge in [-0.2, -0.15) is 0 Å². The molecule has 1 amide bonds. The van der Waals surface area contributed by atoms with E-state index in [9.17, 15) is 4.79 Å². The van der Waals surface area contributed by atoms with Gasteiger partial charge in [0.15, 0.2) is 0 Å². The molecule has 0 spiro atoms. The maximum Gasteiger partial charge on any atom is 0.274 e. The van der Waals surface area contributed by atoms with E-state index in [1.54, 1.807) is 0 Å². The number of aromatic nitrogens is 2. The van der Waals surface area contributed by atoms with Crippen LogP contribution in [-0.2, 0) is 12.8 Å². The van der Waals surface area contributed by atoms with Crippen molar-refractivity contribution in [2.75, 3.05) is 5.32 Å². The zero-order valence-electron chi connectivity index (χ0n) is 12.0. The summed E-state index contributed by atoms with van der Waals surface area (Å²) in [4.78, 5) is 21.3. The Kier molecular flexibility index (Phi) is 3.76. The summed E-state index contributed by atoms with van der Waals surface area (Å²) < 4.78 is 0.997. The molecule has 108 valence electrons. The number of benzene rings is 1. The van der Waals surface area contributed by atoms with Crippen LogP contribution in [0.25, 0.3) is 0 Å². The van der Waals surface area contributed by atoms with Crippen LogP contribution in [0.2, 0.25) is 0 Å². The van der Waals surface area contributed by atoms with E-state index in [2.05, 4.69) is 31.2 Å². The smallest absolute Gasteiger partial charge is 0.274 e. The molecule has 0 aliphatic heterocycles. The highest BCUT2D eigenvalue weighted by molar-refractivity contribution is 9.10. The highest BCUT2D eigenvalue weighted by atomic mass is 79.9. The molecule has 4 nitrogen and oxygen atoms in total. The summed E-state index contributed by atoms with van der Waals surface area (Å²) in [6.07, 6.45) is 2.87. The molecule has 1 heterocycles. The van der Waals surface area contributed by atoms with Crippen molar-refractivity contribution in [2.24, 2.45) is 0 Å². The van der Waals surface area contributed by atoms with Gasteiger partial charge in [0, 0.05) is 21.4 Å². The zero-order chi connectivity index (χ0) is 15.0. The van der Waals surface area contributed by atoms with Crippen molar-refractivity contribution in [1.82, 2.24) is 9.97 Å². The Balaban J connectivity index is 1.93. The van der Waals surface area contributed by atoms with Gasteiger partial charge in [-0.25, -0.2) is 9.97 Å². The van der Waals surface area contributed by atoms with Gasteiger partial charge in [0.1, 0.15) is 11.5 Å². The fraction of sp³-hybridized carbons (Fsp3) is 0.312. The first kappa shape index (κ1) is 14.2. The van der Waals surface area contributed by atoms with Gasteiger partial charge in [0.05, 0.1) is 0 Å². The van der Waals surface area contributed by atoms with E-state index in [0.717, 1.165) is 46.2 Å². The van der Waals surface area contributed by atoms with Gasteiger partial charge in [0.2, 0.25) is 0 Å². The molecule has 21 heavy (non-hydrogen) atoms. The predicted octanol–water partition coefficient (Wildman–Crippen LogP) is 3.60. The molecule has 0 bridgehead atoms. The van der Waals surface area contributed by atoms with E-state index >= 15 is 0 Å². The van der Waals surface area contributed by atoms with Crippen LogP contribution in [0.1, 0.15) is 39.6 Å². The normalized spacial score (nSPS) is 13.1. The van der Waals surface area contributed by atoms with Gasteiger partial charge in [0.25, 0.3) is 5.91 Å². The van der Waals surface area contributed by atoms with E-state index in [1.165, 1.54) is 0 Å². The molecule has 1 aliphatic rings. The molecule has 1 aromatic heterocycles. The number of carbonyl (C=O) groups excluding carboxylic acids is 1. The Labute approximate surface area is 132 Å². The second kappa shape index (κ2) is 5.56. The quantitative estimate of drug-likeness (QED) is 0.904. The van der Waals surface area contributed by atoms with E-state index in [-0.39, 0.29) is 5.91 Å². The van der Waals surface area contributed by atoms with Crippen LogP contribution in [0, 0.1) is 13.8 Å². The van der Waals surface area contributed by atoms with Crippen molar-refractivity contribution < 1.29 is 4.79 Å². The van der Waals surface area contributed by atoms with Crippen LogP contribution < -0.4 is 5.32 Å². The molecular formula is C16H16BrN3O. The third kappa shape index (κ3) is 2.83. The number of rotatable bonds is 2. The number of carbonyl (C=O) groups is 1. The number of nitrogens with one attached hydrogen (secondary N) is 1. The average molecular weight is 346 g/mol. The SMILES string of the molecule is Cc1nc2c(c(C(=O)Nc3ccc(Br)cc3C)n1)CCC2. The van der Waals surface area contributed by atoms with Crippen LogP contribution in [0.5, 0.6) is 0 Å². The summed E-state index contributed by atoms with van der Waals surface area (Å²) in [5.41, 5.74) is 4.39. The van der Waals surface area contributed by atoms with Crippen LogP contribution in [0.4, 0.5) is 5.69 Å². The van der Waals surface area contributed by atoms with Gasteiger partial charge >= 0.3 is 0 Å². The van der Waals surface area contributed by atoms with Crippen LogP contribution in [-0.4, -0.2) is 15.9 Å². The van der Waals surface area contributed by atoms with E-state index in [1.807, 2.05) is 32.0 Å². The van der Waals surface area contributed by atoms with Crippen molar-refractivity contribution >= 4 is 27.5 Å². The molecule has 0 fully saturated rings. The van der Waals surface area contributed by atoms with E-state index in [0.29, 0.717) is 11.5 Å². The molecular weight excluding hydrogens is 330 g/mol. The minimum absolute atomic E-state index is 0.149. The van der Waals surface area contributed by atoms with Crippen LogP contribution in [0.3, 0.4) is 0 Å². The lowest BCUT2D eigenvalue weighted by molar-refractivity contribution is 0.102. The molecule has 0 saturated carbocycles. The number of hydrogen-bond donors (Lipinski definition) is 1. The first-order valence-electron chi connectivity index (χ1n) is 6.98. The molecule has 0 radical (unpaired) electrons. The van der Waals surface area contributed by atoms with Crippen molar-refractivity contribution in [3.8, 4) is 0 Å². The number of hydrogen-bond acceptors (Lipinski definition) is 3. The molecule has 0 unspecified atom stereocenters. The Bertz CT molecular complexity index is 728. The highest BCUT2D eigenvalue weighted by Crippen LogP contribution is 2.25. The number of halogens is 1. The number of anilines is 1. The third-order valence-corrected chi connectivity index (χ3v) is 4.19. The van der Waals surface area contributed by atoms with Gasteiger partial charge in [-0.05, 0) is 56.9 Å². The average Bonchev–Trinajstić information content (AvgIpc) is 2.88. The molecule has 1 aromatic carbocycles. The lowest BCUT2D eigenvalue weighted by Gasteiger charge is -2.11. The van der Waals surface area contributed by atoms with Crippen molar-refractivity contribution in [2.45, 2.75) is 33.1 Å². The standard InChI is InChI=1S/C16H16BrN3O/c1-9-8-11(17)6-7-13(9)20-16(21)15-12-4-3-5-14(12)18-10(2)19-15/h6-8H,3-5H2,1-2H3,(H,20,21). The fourth-order valence-corrected chi connectivity index (χ4v) is 3.17. The van der Waals surface area contributed by atoms with Crippen LogP contribution in [0.15, 0.2) is 22.7 Å². The summed E-state index contributed by atoms with van der Waals surface area (Å²) >= 11 is 3.42. The number of fused-ring (bicyclic) bond motifs is 1. The summed E-state index contributed by atoms with van der Waals surface area (Å²) in [7, 11) is 0. The second-order valence-electron chi connectivity index (χ2n) is 5.31. The van der Waals surface area contributed by atoms with Gasteiger partial charge < -0.3 is 5.32 Å². The molecule has 5 heteroatoms. The molecule has 2 aromatic rings. The topological polar surface area (TPSA) is 54.9 Å². The minimum atomic E-state index is -0.149. The highest BCUT2D eigenvalue weighted by Gasteiger charge is 2.22. The third-order valence-electron chi connectivity index (χ3n) is 3.70. The number of aryl methyl sites for hydroxylation is 3. The monoisotopic (exact) mass is 345 g/mol. The van der Waals surface area contributed by atoms with Gasteiger partial charge in [-0.1, -0.05) is 15.9 Å². The van der Waals surface area contributed by atoms with Crippen molar-refractivity contribution in [3.05, 3.63) is 51.0 Å². The Hall–Kier alpha value is -1.75. The summed E-state index contributed by atoms with van der Waals surface area (Å²) in [6.45, 7) is 3.80. The maximum absolute atomic E-state index is 12.6. The molecule has 1 aliphatic carbocycles. The predicted molar refractivity (Wildman–Crippen MR) is 85.6 cm³/mol. The fourth-order valence-electron chi connectivity index (χ4n) is 2.69. The lowest BCUT2D eigenvalue weighted by atomic mass is 10.1. The summed E-state index contributed by atoms with van der Waals surface area (Å²) in [5, 5.41) is 2.96. The van der Waals surface area contributed by atoms with Crippen molar-refractivity contribution in [3.63, 3.8) is 0 Å². The minimum Gasteiger partial charge on any atom is -0.320 e. The van der Waals surface area contributed by atoms with Crippen molar-refractivity contribution in [1.29, 1.82) is 0 Å². The summed E-state index contributed by atoms with van der Waals surface area (Å²) in [6, 6.07) is 5.79. The summed E-state index contributed by atoms with van der Waals surface area (Å²) in [5.74, 6) is 0.511. The first-order valence-corrected chi connectivity index (χ1v) is 7.78. The molecule has 1 N–H and O–H groups in total. The van der Waals surface area contributed by atoms with E-state index < -0.39 is 0 Å². The largest absolute Gasteiger partial charge is 0.320 e. The zero-order valence-corrected chi connectivity index (χ0v) is 13.6. The van der Waals surface area contributed by atoms with Gasteiger partial charge in [-0.15, -0.1) is 0 Å². The van der Waals surface area contributed by atoms with Gasteiger partial charge in [-0.3, -0.25) is 4.79 Å². The Morgan fingerprint density at radius 2 is 2.05 bits per heavy atom. The Morgan fingerprint density at radius 3 is 2.81 bits per heavy atom. The lowest BCUT2D eigenvalue weighted by Crippen LogP contribution is -2.18. The first-order chi connectivity index (χ1) is 10.0. The molecule has 3 rings (SSSR count). The maximum atomic E-state index is 12.6. The molecule has 0 saturated heterocycles. The molecule has 0 atom stereocenters. The number of nitrogens with zero attached hydrogens (tertiary/aromatic N) is 2. The van der Waals surface area contributed by atoms with Crippen LogP contribution >= 0.6 is 15.9 Å². The Morgan fingerprint density at radius 1 is 1.24 bits per heavy atom. The second-order valence-corrected chi connectivity index (χ2v) is 6.23.